The standard InChI is InChI=1S/C21H26N2O3/c1-3-4-5-6-15-26-20-13-7-17(8-14-20)21(25)23-19-11-9-18(10-12-19)22-16(2)24/h7-14H,3-6,15H2,1-2H3,(H,22,24)(H,23,25). The third-order valence-corrected chi connectivity index (χ3v) is 3.85. The first-order valence-corrected chi connectivity index (χ1v) is 9.00. The number of amides is 2. The van der Waals surface area contributed by atoms with Gasteiger partial charge in [0.1, 0.15) is 5.75 Å². The van der Waals surface area contributed by atoms with Crippen molar-refractivity contribution >= 4 is 23.2 Å². The Morgan fingerprint density at radius 1 is 0.846 bits per heavy atom. The van der Waals surface area contributed by atoms with Gasteiger partial charge in [0.2, 0.25) is 5.91 Å². The highest BCUT2D eigenvalue weighted by Crippen LogP contribution is 2.17. The van der Waals surface area contributed by atoms with Gasteiger partial charge < -0.3 is 15.4 Å². The van der Waals surface area contributed by atoms with Crippen LogP contribution in [0.4, 0.5) is 11.4 Å². The van der Waals surface area contributed by atoms with Gasteiger partial charge in [-0.2, -0.15) is 0 Å². The van der Waals surface area contributed by atoms with Crippen LogP contribution in [0.5, 0.6) is 5.75 Å². The summed E-state index contributed by atoms with van der Waals surface area (Å²) in [6.07, 6.45) is 4.66. The molecule has 0 saturated carbocycles. The molecule has 2 rings (SSSR count). The minimum atomic E-state index is -0.188. The molecule has 0 aliphatic heterocycles. The highest BCUT2D eigenvalue weighted by Gasteiger charge is 2.06. The van der Waals surface area contributed by atoms with Gasteiger partial charge in [-0.15, -0.1) is 0 Å². The summed E-state index contributed by atoms with van der Waals surface area (Å²) in [6.45, 7) is 4.34. The summed E-state index contributed by atoms with van der Waals surface area (Å²) in [5, 5.41) is 5.52. The zero-order valence-electron chi connectivity index (χ0n) is 15.4. The second kappa shape index (κ2) is 10.2. The summed E-state index contributed by atoms with van der Waals surface area (Å²) < 4.78 is 5.68. The molecule has 5 heteroatoms. The Morgan fingerprint density at radius 3 is 2.04 bits per heavy atom. The van der Waals surface area contributed by atoms with Crippen molar-refractivity contribution in [3.8, 4) is 5.75 Å². The normalized spacial score (nSPS) is 10.2. The van der Waals surface area contributed by atoms with E-state index in [2.05, 4.69) is 17.6 Å². The van der Waals surface area contributed by atoms with Gasteiger partial charge in [0.15, 0.2) is 0 Å². The smallest absolute Gasteiger partial charge is 0.255 e. The number of carbonyl (C=O) groups is 2. The molecule has 0 spiro atoms. The van der Waals surface area contributed by atoms with Gasteiger partial charge >= 0.3 is 0 Å². The van der Waals surface area contributed by atoms with Crippen LogP contribution in [0.2, 0.25) is 0 Å². The molecule has 0 saturated heterocycles. The zero-order chi connectivity index (χ0) is 18.8. The minimum Gasteiger partial charge on any atom is -0.494 e. The maximum absolute atomic E-state index is 12.3. The molecule has 5 nitrogen and oxygen atoms in total. The topological polar surface area (TPSA) is 67.4 Å². The van der Waals surface area contributed by atoms with Crippen molar-refractivity contribution < 1.29 is 14.3 Å². The highest BCUT2D eigenvalue weighted by molar-refractivity contribution is 6.04. The number of benzene rings is 2. The number of rotatable bonds is 9. The molecule has 138 valence electrons. The summed E-state index contributed by atoms with van der Waals surface area (Å²) in [5.41, 5.74) is 1.92. The van der Waals surface area contributed by atoms with E-state index >= 15 is 0 Å². The first-order valence-electron chi connectivity index (χ1n) is 9.00. The zero-order valence-corrected chi connectivity index (χ0v) is 15.4. The third kappa shape index (κ3) is 6.59. The van der Waals surface area contributed by atoms with Crippen molar-refractivity contribution in [1.82, 2.24) is 0 Å². The van der Waals surface area contributed by atoms with Crippen LogP contribution in [0.15, 0.2) is 48.5 Å². The van der Waals surface area contributed by atoms with Crippen molar-refractivity contribution in [3.63, 3.8) is 0 Å². The largest absolute Gasteiger partial charge is 0.494 e. The molecule has 0 aliphatic rings. The van der Waals surface area contributed by atoms with E-state index in [0.717, 1.165) is 12.2 Å². The second-order valence-electron chi connectivity index (χ2n) is 6.15. The molecule has 2 aromatic rings. The Morgan fingerprint density at radius 2 is 1.46 bits per heavy atom. The van der Waals surface area contributed by atoms with Crippen LogP contribution in [0, 0.1) is 0 Å². The third-order valence-electron chi connectivity index (χ3n) is 3.85. The van der Waals surface area contributed by atoms with Gasteiger partial charge in [0, 0.05) is 23.9 Å². The van der Waals surface area contributed by atoms with Crippen LogP contribution in [0.3, 0.4) is 0 Å². The first-order chi connectivity index (χ1) is 12.6. The molecule has 0 unspecified atom stereocenters. The molecular formula is C21H26N2O3. The summed E-state index contributed by atoms with van der Waals surface area (Å²) in [7, 11) is 0. The lowest BCUT2D eigenvalue weighted by Gasteiger charge is -2.09. The molecule has 0 radical (unpaired) electrons. The van der Waals surface area contributed by atoms with Gasteiger partial charge in [-0.05, 0) is 55.0 Å². The first kappa shape index (κ1) is 19.5. The summed E-state index contributed by atoms with van der Waals surface area (Å²) in [6, 6.07) is 14.1. The van der Waals surface area contributed by atoms with Crippen LogP contribution in [-0.2, 0) is 4.79 Å². The Labute approximate surface area is 154 Å². The molecule has 0 fully saturated rings. The van der Waals surface area contributed by atoms with Crippen LogP contribution in [-0.4, -0.2) is 18.4 Å². The number of nitrogens with one attached hydrogen (secondary N) is 2. The number of ether oxygens (including phenoxy) is 1. The van der Waals surface area contributed by atoms with E-state index in [-0.39, 0.29) is 11.8 Å². The fourth-order valence-electron chi connectivity index (χ4n) is 2.46. The Balaban J connectivity index is 1.84. The van der Waals surface area contributed by atoms with Crippen molar-refractivity contribution in [2.24, 2.45) is 0 Å². The maximum Gasteiger partial charge on any atom is 0.255 e. The number of anilines is 2. The predicted octanol–water partition coefficient (Wildman–Crippen LogP) is 4.86. The molecule has 2 amide bonds. The van der Waals surface area contributed by atoms with Gasteiger partial charge in [-0.25, -0.2) is 0 Å². The van der Waals surface area contributed by atoms with E-state index in [9.17, 15) is 9.59 Å². The Hall–Kier alpha value is -2.82. The van der Waals surface area contributed by atoms with Gasteiger partial charge in [0.05, 0.1) is 6.61 Å². The average Bonchev–Trinajstić information content (AvgIpc) is 2.63. The highest BCUT2D eigenvalue weighted by atomic mass is 16.5. The lowest BCUT2D eigenvalue weighted by Crippen LogP contribution is -2.12. The molecule has 0 bridgehead atoms. The van der Waals surface area contributed by atoms with E-state index in [1.807, 2.05) is 12.1 Å². The molecule has 0 aliphatic carbocycles. The van der Waals surface area contributed by atoms with Crippen molar-refractivity contribution in [1.29, 1.82) is 0 Å². The molecule has 0 atom stereocenters. The quantitative estimate of drug-likeness (QED) is 0.632. The number of carbonyl (C=O) groups excluding carboxylic acids is 2. The fourth-order valence-corrected chi connectivity index (χ4v) is 2.46. The van der Waals surface area contributed by atoms with Crippen LogP contribution < -0.4 is 15.4 Å². The lowest BCUT2D eigenvalue weighted by molar-refractivity contribution is -0.114. The maximum atomic E-state index is 12.3. The SMILES string of the molecule is CCCCCCOc1ccc(C(=O)Nc2ccc(NC(C)=O)cc2)cc1. The van der Waals surface area contributed by atoms with Gasteiger partial charge in [0.25, 0.3) is 5.91 Å². The number of hydrogen-bond donors (Lipinski definition) is 2. The molecular weight excluding hydrogens is 328 g/mol. The van der Waals surface area contributed by atoms with Crippen molar-refractivity contribution in [2.75, 3.05) is 17.2 Å². The second-order valence-corrected chi connectivity index (χ2v) is 6.15. The monoisotopic (exact) mass is 354 g/mol. The summed E-state index contributed by atoms with van der Waals surface area (Å²) in [5.74, 6) is 0.457. The molecule has 2 N–H and O–H groups in total. The summed E-state index contributed by atoms with van der Waals surface area (Å²) >= 11 is 0. The van der Waals surface area contributed by atoms with E-state index in [0.29, 0.717) is 23.5 Å². The van der Waals surface area contributed by atoms with E-state index in [1.54, 1.807) is 36.4 Å². The van der Waals surface area contributed by atoms with Crippen LogP contribution in [0.25, 0.3) is 0 Å². The summed E-state index contributed by atoms with van der Waals surface area (Å²) in [4.78, 5) is 23.3. The minimum absolute atomic E-state index is 0.130. The molecule has 26 heavy (non-hydrogen) atoms. The van der Waals surface area contributed by atoms with Gasteiger partial charge in [-0.1, -0.05) is 26.2 Å². The van der Waals surface area contributed by atoms with Crippen molar-refractivity contribution in [2.45, 2.75) is 39.5 Å². The number of hydrogen-bond acceptors (Lipinski definition) is 3. The van der Waals surface area contributed by atoms with E-state index < -0.39 is 0 Å². The fraction of sp³-hybridized carbons (Fsp3) is 0.333. The molecule has 2 aromatic carbocycles. The lowest BCUT2D eigenvalue weighted by atomic mass is 10.2. The van der Waals surface area contributed by atoms with E-state index in [4.69, 9.17) is 4.74 Å². The van der Waals surface area contributed by atoms with Crippen molar-refractivity contribution in [3.05, 3.63) is 54.1 Å². The molecule has 0 heterocycles. The van der Waals surface area contributed by atoms with Crippen LogP contribution >= 0.6 is 0 Å². The van der Waals surface area contributed by atoms with E-state index in [1.165, 1.54) is 26.2 Å². The molecule has 0 aromatic heterocycles. The van der Waals surface area contributed by atoms with Crippen LogP contribution in [0.1, 0.15) is 49.9 Å². The Kier molecular flexibility index (Phi) is 7.68. The average molecular weight is 354 g/mol. The predicted molar refractivity (Wildman–Crippen MR) is 105 cm³/mol. The van der Waals surface area contributed by atoms with Gasteiger partial charge in [-0.3, -0.25) is 9.59 Å². The Bertz CT molecular complexity index is 709. The number of unbranched alkanes of at least 4 members (excludes halogenated alkanes) is 3.